The number of furan rings is 1. The first-order chi connectivity index (χ1) is 9.75. The lowest BCUT2D eigenvalue weighted by atomic mass is 10.4. The van der Waals surface area contributed by atoms with E-state index < -0.39 is 0 Å². The summed E-state index contributed by atoms with van der Waals surface area (Å²) in [4.78, 5) is 23.6. The van der Waals surface area contributed by atoms with Gasteiger partial charge in [0.25, 0.3) is 5.91 Å². The van der Waals surface area contributed by atoms with Gasteiger partial charge < -0.3 is 9.73 Å². The fourth-order valence-electron chi connectivity index (χ4n) is 1.88. The topological polar surface area (TPSA) is 81.5 Å². The van der Waals surface area contributed by atoms with Crippen molar-refractivity contribution in [2.24, 2.45) is 0 Å². The Balaban J connectivity index is 1.67. The van der Waals surface area contributed by atoms with Crippen LogP contribution in [-0.2, 0) is 6.54 Å². The molecule has 0 saturated carbocycles. The number of aromatic nitrogens is 3. The molecule has 1 amide bonds. The number of hydrogen-bond acceptors (Lipinski definition) is 4. The number of amides is 1. The lowest BCUT2D eigenvalue weighted by molar-refractivity contribution is 0.0924. The SMILES string of the molecule is O=C(NCCn1nc2ccccn2c1=O)c1ccco1. The Morgan fingerprint density at radius 2 is 2.20 bits per heavy atom. The van der Waals surface area contributed by atoms with Gasteiger partial charge in [-0.2, -0.15) is 0 Å². The van der Waals surface area contributed by atoms with E-state index in [9.17, 15) is 9.59 Å². The molecule has 1 N–H and O–H groups in total. The molecule has 0 aliphatic carbocycles. The van der Waals surface area contributed by atoms with Gasteiger partial charge in [-0.1, -0.05) is 6.07 Å². The van der Waals surface area contributed by atoms with Gasteiger partial charge in [-0.05, 0) is 24.3 Å². The van der Waals surface area contributed by atoms with Gasteiger partial charge in [0.2, 0.25) is 0 Å². The summed E-state index contributed by atoms with van der Waals surface area (Å²) in [6, 6.07) is 8.54. The highest BCUT2D eigenvalue weighted by molar-refractivity contribution is 5.91. The van der Waals surface area contributed by atoms with Crippen LogP contribution in [0.2, 0.25) is 0 Å². The maximum Gasteiger partial charge on any atom is 0.350 e. The second-order valence-electron chi connectivity index (χ2n) is 4.17. The molecule has 102 valence electrons. The largest absolute Gasteiger partial charge is 0.459 e. The zero-order chi connectivity index (χ0) is 13.9. The van der Waals surface area contributed by atoms with E-state index in [1.165, 1.54) is 15.3 Å². The monoisotopic (exact) mass is 272 g/mol. The van der Waals surface area contributed by atoms with E-state index >= 15 is 0 Å². The van der Waals surface area contributed by atoms with Gasteiger partial charge in [0.05, 0.1) is 12.8 Å². The van der Waals surface area contributed by atoms with Gasteiger partial charge in [0.1, 0.15) is 0 Å². The zero-order valence-corrected chi connectivity index (χ0v) is 10.5. The van der Waals surface area contributed by atoms with Crippen LogP contribution >= 0.6 is 0 Å². The van der Waals surface area contributed by atoms with E-state index in [0.29, 0.717) is 18.7 Å². The molecule has 0 saturated heterocycles. The zero-order valence-electron chi connectivity index (χ0n) is 10.5. The maximum atomic E-state index is 12.0. The van der Waals surface area contributed by atoms with Gasteiger partial charge in [-0.25, -0.2) is 9.48 Å². The van der Waals surface area contributed by atoms with Crippen molar-refractivity contribution in [2.45, 2.75) is 6.54 Å². The number of nitrogens with one attached hydrogen (secondary N) is 1. The first-order valence-electron chi connectivity index (χ1n) is 6.11. The van der Waals surface area contributed by atoms with E-state index in [0.717, 1.165) is 0 Å². The Kier molecular flexibility index (Phi) is 3.08. The fourth-order valence-corrected chi connectivity index (χ4v) is 1.88. The second-order valence-corrected chi connectivity index (χ2v) is 4.17. The van der Waals surface area contributed by atoms with E-state index in [2.05, 4.69) is 10.4 Å². The van der Waals surface area contributed by atoms with E-state index in [1.807, 2.05) is 6.07 Å². The van der Waals surface area contributed by atoms with Crippen LogP contribution in [0, 0.1) is 0 Å². The number of carbonyl (C=O) groups excluding carboxylic acids is 1. The van der Waals surface area contributed by atoms with Crippen LogP contribution in [-0.4, -0.2) is 26.6 Å². The fraction of sp³-hybridized carbons (Fsp3) is 0.154. The van der Waals surface area contributed by atoms with Crippen molar-refractivity contribution < 1.29 is 9.21 Å². The summed E-state index contributed by atoms with van der Waals surface area (Å²) in [5.74, 6) is -0.0702. The molecule has 0 bridgehead atoms. The van der Waals surface area contributed by atoms with Crippen LogP contribution in [0.4, 0.5) is 0 Å². The number of fused-ring (bicyclic) bond motifs is 1. The molecule has 0 fully saturated rings. The highest BCUT2D eigenvalue weighted by Gasteiger charge is 2.09. The summed E-state index contributed by atoms with van der Waals surface area (Å²) in [7, 11) is 0. The highest BCUT2D eigenvalue weighted by atomic mass is 16.3. The third kappa shape index (κ3) is 2.20. The third-order valence-corrected chi connectivity index (χ3v) is 2.84. The summed E-state index contributed by atoms with van der Waals surface area (Å²) in [5, 5.41) is 6.83. The van der Waals surface area contributed by atoms with Gasteiger partial charge in [-0.3, -0.25) is 9.20 Å². The average molecular weight is 272 g/mol. The number of rotatable bonds is 4. The van der Waals surface area contributed by atoms with Crippen LogP contribution in [0.15, 0.2) is 52.0 Å². The Morgan fingerprint density at radius 1 is 1.30 bits per heavy atom. The molecular weight excluding hydrogens is 260 g/mol. The summed E-state index contributed by atoms with van der Waals surface area (Å²) in [5.41, 5.74) is 0.350. The molecule has 0 aliphatic rings. The molecular formula is C13H12N4O3. The Hall–Kier alpha value is -2.83. The van der Waals surface area contributed by atoms with Crippen LogP contribution < -0.4 is 11.0 Å². The van der Waals surface area contributed by atoms with Crippen molar-refractivity contribution >= 4 is 11.6 Å². The van der Waals surface area contributed by atoms with Gasteiger partial charge >= 0.3 is 5.69 Å². The van der Waals surface area contributed by atoms with E-state index in [1.54, 1.807) is 30.5 Å². The first-order valence-corrected chi connectivity index (χ1v) is 6.11. The molecule has 0 radical (unpaired) electrons. The Bertz CT molecular complexity index is 785. The molecule has 3 aromatic rings. The average Bonchev–Trinajstić information content (AvgIpc) is 3.09. The van der Waals surface area contributed by atoms with Crippen LogP contribution in [0.25, 0.3) is 5.65 Å². The number of hydrogen-bond donors (Lipinski definition) is 1. The molecule has 3 aromatic heterocycles. The van der Waals surface area contributed by atoms with E-state index in [-0.39, 0.29) is 17.4 Å². The quantitative estimate of drug-likeness (QED) is 0.750. The lowest BCUT2D eigenvalue weighted by Crippen LogP contribution is -2.31. The molecule has 7 nitrogen and oxygen atoms in total. The normalized spacial score (nSPS) is 10.8. The van der Waals surface area contributed by atoms with Gasteiger partial charge in [0.15, 0.2) is 11.4 Å². The molecule has 7 heteroatoms. The minimum Gasteiger partial charge on any atom is -0.459 e. The van der Waals surface area contributed by atoms with Gasteiger partial charge in [0, 0.05) is 12.7 Å². The minimum atomic E-state index is -0.313. The van der Waals surface area contributed by atoms with Crippen LogP contribution in [0.3, 0.4) is 0 Å². The predicted octanol–water partition coefficient (Wildman–Crippen LogP) is 0.519. The highest BCUT2D eigenvalue weighted by Crippen LogP contribution is 1.99. The van der Waals surface area contributed by atoms with Crippen molar-refractivity contribution in [2.75, 3.05) is 6.54 Å². The van der Waals surface area contributed by atoms with Crippen molar-refractivity contribution in [3.05, 3.63) is 59.0 Å². The Morgan fingerprint density at radius 3 is 2.95 bits per heavy atom. The van der Waals surface area contributed by atoms with Crippen molar-refractivity contribution in [3.63, 3.8) is 0 Å². The predicted molar refractivity (Wildman–Crippen MR) is 70.5 cm³/mol. The van der Waals surface area contributed by atoms with E-state index in [4.69, 9.17) is 4.42 Å². The molecule has 0 unspecified atom stereocenters. The summed E-state index contributed by atoms with van der Waals surface area (Å²) in [6.45, 7) is 0.594. The standard InChI is InChI=1S/C13H12N4O3/c18-12(10-4-3-9-20-10)14-6-8-17-13(19)16-7-2-1-5-11(16)15-17/h1-5,7,9H,6,8H2,(H,14,18). The molecule has 3 heterocycles. The van der Waals surface area contributed by atoms with Crippen LogP contribution in [0.1, 0.15) is 10.6 Å². The summed E-state index contributed by atoms with van der Waals surface area (Å²) >= 11 is 0. The minimum absolute atomic E-state index is 0.229. The number of pyridine rings is 1. The summed E-state index contributed by atoms with van der Waals surface area (Å²) < 4.78 is 7.74. The smallest absolute Gasteiger partial charge is 0.350 e. The van der Waals surface area contributed by atoms with Crippen molar-refractivity contribution in [1.82, 2.24) is 19.5 Å². The maximum absolute atomic E-state index is 12.0. The van der Waals surface area contributed by atoms with Gasteiger partial charge in [-0.15, -0.1) is 5.10 Å². The Labute approximate surface area is 113 Å². The van der Waals surface area contributed by atoms with Crippen molar-refractivity contribution in [3.8, 4) is 0 Å². The summed E-state index contributed by atoms with van der Waals surface area (Å²) in [6.07, 6.45) is 3.09. The number of nitrogens with zero attached hydrogens (tertiary/aromatic N) is 3. The third-order valence-electron chi connectivity index (χ3n) is 2.84. The molecule has 3 rings (SSSR count). The molecule has 20 heavy (non-hydrogen) atoms. The van der Waals surface area contributed by atoms with Crippen molar-refractivity contribution in [1.29, 1.82) is 0 Å². The van der Waals surface area contributed by atoms with Crippen LogP contribution in [0.5, 0.6) is 0 Å². The molecule has 0 atom stereocenters. The molecule has 0 spiro atoms. The molecule has 0 aromatic carbocycles. The lowest BCUT2D eigenvalue weighted by Gasteiger charge is -2.01. The second kappa shape index (κ2) is 5.04. The molecule has 0 aliphatic heterocycles. The first kappa shape index (κ1) is 12.2. The number of carbonyl (C=O) groups is 1.